The first-order valence-corrected chi connectivity index (χ1v) is 6.74. The van der Waals surface area contributed by atoms with E-state index < -0.39 is 11.9 Å². The number of rotatable bonds is 9. The first kappa shape index (κ1) is 24.0. The zero-order chi connectivity index (χ0) is 14.4. The fourth-order valence-corrected chi connectivity index (χ4v) is 1.44. The van der Waals surface area contributed by atoms with Gasteiger partial charge in [-0.25, -0.2) is 0 Å². The molecule has 4 nitrogen and oxygen atoms in total. The molecule has 19 heavy (non-hydrogen) atoms. The van der Waals surface area contributed by atoms with Gasteiger partial charge >= 0.3 is 41.5 Å². The molecule has 0 saturated heterocycles. The summed E-state index contributed by atoms with van der Waals surface area (Å²) < 4.78 is 0. The van der Waals surface area contributed by atoms with Crippen LogP contribution >= 0.6 is 0 Å². The minimum atomic E-state index is -1.08. The van der Waals surface area contributed by atoms with Crippen LogP contribution in [0.4, 0.5) is 0 Å². The van der Waals surface area contributed by atoms with Crippen LogP contribution in [0.15, 0.2) is 0 Å². The van der Waals surface area contributed by atoms with Crippen molar-refractivity contribution in [2.75, 3.05) is 0 Å². The maximum Gasteiger partial charge on any atom is 1.00 e. The molecule has 0 aliphatic carbocycles. The summed E-state index contributed by atoms with van der Waals surface area (Å²) in [6.07, 6.45) is 7.53. The predicted molar refractivity (Wildman–Crippen MR) is 72.5 cm³/mol. The van der Waals surface area contributed by atoms with E-state index in [4.69, 9.17) is 10.2 Å². The molecule has 0 aliphatic rings. The third kappa shape index (κ3) is 23.5. The average Bonchev–Trinajstić information content (AvgIpc) is 2.33. The van der Waals surface area contributed by atoms with Crippen molar-refractivity contribution >= 4 is 11.9 Å². The van der Waals surface area contributed by atoms with Crippen molar-refractivity contribution < 1.29 is 49.4 Å². The van der Waals surface area contributed by atoms with Gasteiger partial charge in [-0.15, -0.1) is 0 Å². The molecule has 0 aromatic carbocycles. The number of aliphatic carboxylic acids is 2. The maximum atomic E-state index is 9.64. The number of carboxylic acids is 2. The standard InChI is InChI=1S/C10H21.C4H6O4.Na/c1-4-7-8-9-10(5-2)6-3;5-3(6)1-2-4(7)8;/h4-9H2,1-3H3;1-2H2,(H,5,6)(H,7,8);/q-1;;+1. The van der Waals surface area contributed by atoms with Gasteiger partial charge in [0.25, 0.3) is 0 Å². The Morgan fingerprint density at radius 3 is 1.58 bits per heavy atom. The predicted octanol–water partition coefficient (Wildman–Crippen LogP) is 0.901. The van der Waals surface area contributed by atoms with Gasteiger partial charge in [-0.05, 0) is 0 Å². The van der Waals surface area contributed by atoms with Crippen LogP contribution in [0.3, 0.4) is 0 Å². The number of hydrogen-bond donors (Lipinski definition) is 2. The third-order valence-electron chi connectivity index (χ3n) is 2.69. The summed E-state index contributed by atoms with van der Waals surface area (Å²) in [6.45, 7) is 6.80. The second-order valence-corrected chi connectivity index (χ2v) is 4.20. The second-order valence-electron chi connectivity index (χ2n) is 4.20. The van der Waals surface area contributed by atoms with Crippen molar-refractivity contribution in [1.82, 2.24) is 0 Å². The summed E-state index contributed by atoms with van der Waals surface area (Å²) in [5, 5.41) is 15.8. The topological polar surface area (TPSA) is 74.6 Å². The van der Waals surface area contributed by atoms with Gasteiger partial charge < -0.3 is 16.1 Å². The Kier molecular flexibility index (Phi) is 22.7. The van der Waals surface area contributed by atoms with Crippen LogP contribution < -0.4 is 29.6 Å². The Morgan fingerprint density at radius 2 is 1.32 bits per heavy atom. The molecule has 0 spiro atoms. The van der Waals surface area contributed by atoms with Crippen LogP contribution in [0.5, 0.6) is 0 Å². The Morgan fingerprint density at radius 1 is 0.895 bits per heavy atom. The molecular formula is C14H27NaO4. The van der Waals surface area contributed by atoms with Crippen molar-refractivity contribution in [2.45, 2.75) is 72.1 Å². The van der Waals surface area contributed by atoms with Gasteiger partial charge in [0.2, 0.25) is 0 Å². The van der Waals surface area contributed by atoms with E-state index in [1.807, 2.05) is 0 Å². The summed E-state index contributed by atoms with van der Waals surface area (Å²) in [5.74, 6) is -0.409. The molecule has 5 heteroatoms. The monoisotopic (exact) mass is 282 g/mol. The van der Waals surface area contributed by atoms with Crippen LogP contribution in [0.1, 0.15) is 72.1 Å². The minimum absolute atomic E-state index is 0. The van der Waals surface area contributed by atoms with E-state index in [-0.39, 0.29) is 42.4 Å². The van der Waals surface area contributed by atoms with Crippen LogP contribution in [0.25, 0.3) is 0 Å². The molecule has 0 bridgehead atoms. The van der Waals surface area contributed by atoms with E-state index >= 15 is 0 Å². The third-order valence-corrected chi connectivity index (χ3v) is 2.69. The van der Waals surface area contributed by atoms with E-state index in [9.17, 15) is 9.59 Å². The smallest absolute Gasteiger partial charge is 0.481 e. The van der Waals surface area contributed by atoms with Gasteiger partial charge in [0.1, 0.15) is 0 Å². The molecule has 2 N–H and O–H groups in total. The molecule has 0 saturated carbocycles. The average molecular weight is 282 g/mol. The number of hydrogen-bond acceptors (Lipinski definition) is 2. The first-order valence-electron chi connectivity index (χ1n) is 6.74. The second kappa shape index (κ2) is 17.9. The minimum Gasteiger partial charge on any atom is -0.481 e. The number of carbonyl (C=O) groups is 2. The van der Waals surface area contributed by atoms with Gasteiger partial charge in [-0.1, -0.05) is 40.0 Å². The molecule has 0 atom stereocenters. The fraction of sp³-hybridized carbons (Fsp3) is 0.786. The van der Waals surface area contributed by atoms with E-state index in [0.717, 1.165) is 0 Å². The van der Waals surface area contributed by atoms with Gasteiger partial charge in [-0.2, -0.15) is 19.3 Å². The van der Waals surface area contributed by atoms with Crippen molar-refractivity contribution in [2.24, 2.45) is 0 Å². The van der Waals surface area contributed by atoms with Gasteiger partial charge in [-0.3, -0.25) is 9.59 Å². The van der Waals surface area contributed by atoms with Crippen molar-refractivity contribution in [3.8, 4) is 0 Å². The molecular weight excluding hydrogens is 255 g/mol. The van der Waals surface area contributed by atoms with E-state index in [1.165, 1.54) is 38.5 Å². The summed E-state index contributed by atoms with van der Waals surface area (Å²) in [5.41, 5.74) is 0. The zero-order valence-electron chi connectivity index (χ0n) is 12.9. The zero-order valence-corrected chi connectivity index (χ0v) is 14.9. The number of unbranched alkanes of at least 4 members (excludes halogenated alkanes) is 2. The summed E-state index contributed by atoms with van der Waals surface area (Å²) in [7, 11) is 0. The number of carboxylic acid groups (broad SMARTS) is 2. The van der Waals surface area contributed by atoms with Crippen molar-refractivity contribution in [1.29, 1.82) is 0 Å². The molecule has 0 amide bonds. The van der Waals surface area contributed by atoms with Gasteiger partial charge in [0.15, 0.2) is 0 Å². The molecule has 0 heterocycles. The maximum absolute atomic E-state index is 9.64. The summed E-state index contributed by atoms with van der Waals surface area (Å²) in [6, 6.07) is 0. The molecule has 108 valence electrons. The van der Waals surface area contributed by atoms with Crippen LogP contribution in [0.2, 0.25) is 0 Å². The molecule has 0 aromatic rings. The largest absolute Gasteiger partial charge is 1.00 e. The molecule has 0 unspecified atom stereocenters. The van der Waals surface area contributed by atoms with Crippen LogP contribution in [-0.2, 0) is 9.59 Å². The van der Waals surface area contributed by atoms with E-state index in [1.54, 1.807) is 5.92 Å². The van der Waals surface area contributed by atoms with E-state index in [0.29, 0.717) is 0 Å². The Balaban J connectivity index is -0.000000262. The SMILES string of the molecule is CCCCC[C-](CC)CC.O=C(O)CCC(=O)O.[Na+]. The van der Waals surface area contributed by atoms with Crippen molar-refractivity contribution in [3.63, 3.8) is 0 Å². The Bertz CT molecular complexity index is 201. The molecule has 0 fully saturated rings. The first-order chi connectivity index (χ1) is 8.47. The van der Waals surface area contributed by atoms with E-state index in [2.05, 4.69) is 20.8 Å². The van der Waals surface area contributed by atoms with Gasteiger partial charge in [0, 0.05) is 0 Å². The Labute approximate surface area is 139 Å². The fourth-order valence-electron chi connectivity index (χ4n) is 1.44. The van der Waals surface area contributed by atoms with Crippen LogP contribution in [0, 0.1) is 5.92 Å². The van der Waals surface area contributed by atoms with Crippen molar-refractivity contribution in [3.05, 3.63) is 5.92 Å². The molecule has 0 radical (unpaired) electrons. The quantitative estimate of drug-likeness (QED) is 0.374. The summed E-state index contributed by atoms with van der Waals surface area (Å²) >= 11 is 0. The Hall–Kier alpha value is -0.0600. The molecule has 0 aromatic heterocycles. The normalized spacial score (nSPS) is 9.26. The van der Waals surface area contributed by atoms with Crippen LogP contribution in [-0.4, -0.2) is 22.2 Å². The molecule has 0 aliphatic heterocycles. The summed E-state index contributed by atoms with van der Waals surface area (Å²) in [4.78, 5) is 19.3. The van der Waals surface area contributed by atoms with Gasteiger partial charge in [0.05, 0.1) is 12.8 Å². The molecule has 0 rings (SSSR count).